The number of hydrogen-bond donors (Lipinski definition) is 0. The van der Waals surface area contributed by atoms with E-state index < -0.39 is 5.97 Å². The van der Waals surface area contributed by atoms with Crippen LogP contribution in [0.15, 0.2) is 11.3 Å². The average Bonchev–Trinajstić information content (AvgIpc) is 2.32. The van der Waals surface area contributed by atoms with Gasteiger partial charge in [-0.3, -0.25) is 0 Å². The first-order valence-corrected chi connectivity index (χ1v) is 3.65. The molecule has 1 unspecified atom stereocenters. The van der Waals surface area contributed by atoms with E-state index in [1.165, 1.54) is 7.11 Å². The van der Waals surface area contributed by atoms with Crippen molar-refractivity contribution < 1.29 is 44.2 Å². The smallest absolute Gasteiger partial charge is 0.875 e. The van der Waals surface area contributed by atoms with Crippen molar-refractivity contribution in [2.24, 2.45) is 5.92 Å². The fraction of sp³-hybridized carbons (Fsp3) is 0.625. The van der Waals surface area contributed by atoms with E-state index in [1.807, 2.05) is 6.92 Å². The molecule has 0 aromatic rings. The summed E-state index contributed by atoms with van der Waals surface area (Å²) in [6.07, 6.45) is 1.36. The molecule has 0 N–H and O–H groups in total. The van der Waals surface area contributed by atoms with Crippen molar-refractivity contribution in [1.82, 2.24) is 0 Å². The number of hydrogen-bond acceptors (Lipinski definition) is 3. The molecule has 0 fully saturated rings. The van der Waals surface area contributed by atoms with Crippen LogP contribution in [0.25, 0.3) is 0 Å². The standard InChI is InChI=1S/C8H12O3.Na/c1-5-3-4-6(7(5)9)8(10)11-2;/h5,9H,3-4H2,1-2H3;/q;+1/p-1. The molecule has 0 bridgehead atoms. The van der Waals surface area contributed by atoms with Crippen LogP contribution in [0.4, 0.5) is 0 Å². The Morgan fingerprint density at radius 3 is 2.58 bits per heavy atom. The molecule has 1 atom stereocenters. The molecule has 0 aromatic heterocycles. The van der Waals surface area contributed by atoms with E-state index in [0.717, 1.165) is 6.42 Å². The summed E-state index contributed by atoms with van der Waals surface area (Å²) in [5.74, 6) is -0.500. The Morgan fingerprint density at radius 2 is 2.25 bits per heavy atom. The number of esters is 1. The maximum absolute atomic E-state index is 11.2. The van der Waals surface area contributed by atoms with Crippen LogP contribution in [-0.2, 0) is 9.53 Å². The van der Waals surface area contributed by atoms with Crippen molar-refractivity contribution in [3.05, 3.63) is 11.3 Å². The summed E-state index contributed by atoms with van der Waals surface area (Å²) in [5.41, 5.74) is 0.333. The number of rotatable bonds is 1. The Bertz CT molecular complexity index is 210. The van der Waals surface area contributed by atoms with Crippen LogP contribution < -0.4 is 34.7 Å². The number of carbonyl (C=O) groups is 1. The van der Waals surface area contributed by atoms with E-state index in [4.69, 9.17) is 0 Å². The van der Waals surface area contributed by atoms with Crippen LogP contribution in [0.5, 0.6) is 0 Å². The Balaban J connectivity index is 0.00000121. The number of carbonyl (C=O) groups excluding carboxylic acids is 1. The van der Waals surface area contributed by atoms with E-state index in [2.05, 4.69) is 4.74 Å². The summed E-state index contributed by atoms with van der Waals surface area (Å²) in [7, 11) is 1.30. The summed E-state index contributed by atoms with van der Waals surface area (Å²) in [6, 6.07) is 0. The first-order chi connectivity index (χ1) is 5.16. The van der Waals surface area contributed by atoms with Gasteiger partial charge in [0.1, 0.15) is 0 Å². The Morgan fingerprint density at radius 1 is 1.67 bits per heavy atom. The molecule has 0 aliphatic heterocycles. The third kappa shape index (κ3) is 2.25. The van der Waals surface area contributed by atoms with Crippen LogP contribution in [0.2, 0.25) is 0 Å². The second-order valence-corrected chi connectivity index (χ2v) is 2.77. The quantitative estimate of drug-likeness (QED) is 0.322. The van der Waals surface area contributed by atoms with Gasteiger partial charge in [0.25, 0.3) is 0 Å². The molecule has 3 nitrogen and oxygen atoms in total. The van der Waals surface area contributed by atoms with Crippen molar-refractivity contribution in [1.29, 1.82) is 0 Å². The molecule has 1 rings (SSSR count). The van der Waals surface area contributed by atoms with Gasteiger partial charge in [0.2, 0.25) is 0 Å². The predicted molar refractivity (Wildman–Crippen MR) is 37.4 cm³/mol. The summed E-state index contributed by atoms with van der Waals surface area (Å²) in [6.45, 7) is 1.83. The third-order valence-electron chi connectivity index (χ3n) is 2.00. The van der Waals surface area contributed by atoms with Gasteiger partial charge < -0.3 is 9.84 Å². The van der Waals surface area contributed by atoms with Gasteiger partial charge in [-0.25, -0.2) is 4.79 Å². The average molecular weight is 178 g/mol. The zero-order valence-corrected chi connectivity index (χ0v) is 9.72. The van der Waals surface area contributed by atoms with Gasteiger partial charge in [-0.2, -0.15) is 0 Å². The SMILES string of the molecule is COC(=O)C1=C([O-])C(C)CC1.[Na+]. The molecule has 62 valence electrons. The first kappa shape index (κ1) is 12.0. The maximum Gasteiger partial charge on any atom is 1.00 e. The maximum atomic E-state index is 11.2. The van der Waals surface area contributed by atoms with Gasteiger partial charge in [-0.15, -0.1) is 5.76 Å². The van der Waals surface area contributed by atoms with Gasteiger partial charge in [-0.05, 0) is 18.8 Å². The molecule has 0 saturated heterocycles. The summed E-state index contributed by atoms with van der Waals surface area (Å²) < 4.78 is 4.46. The number of methoxy groups -OCH3 is 1. The molecule has 1 aliphatic rings. The van der Waals surface area contributed by atoms with E-state index in [0.29, 0.717) is 12.0 Å². The minimum atomic E-state index is -0.459. The molecule has 0 spiro atoms. The molecular weight excluding hydrogens is 167 g/mol. The molecule has 1 aliphatic carbocycles. The van der Waals surface area contributed by atoms with Crippen LogP contribution in [-0.4, -0.2) is 13.1 Å². The van der Waals surface area contributed by atoms with E-state index in [-0.39, 0.29) is 41.2 Å². The Labute approximate surface area is 94.1 Å². The molecule has 12 heavy (non-hydrogen) atoms. The van der Waals surface area contributed by atoms with Crippen LogP contribution in [0, 0.1) is 5.92 Å². The topological polar surface area (TPSA) is 49.4 Å². The fourth-order valence-electron chi connectivity index (χ4n) is 1.24. The Hall–Kier alpha value is 0.0100. The van der Waals surface area contributed by atoms with Crippen molar-refractivity contribution >= 4 is 5.97 Å². The second-order valence-electron chi connectivity index (χ2n) is 2.77. The number of ether oxygens (including phenoxy) is 1. The fourth-order valence-corrected chi connectivity index (χ4v) is 1.24. The summed E-state index contributed by atoms with van der Waals surface area (Å²) in [4.78, 5) is 10.9. The molecule has 4 heteroatoms. The minimum Gasteiger partial charge on any atom is -0.875 e. The monoisotopic (exact) mass is 178 g/mol. The van der Waals surface area contributed by atoms with Crippen molar-refractivity contribution in [2.75, 3.05) is 7.11 Å². The van der Waals surface area contributed by atoms with Gasteiger partial charge in [0, 0.05) is 5.57 Å². The zero-order valence-electron chi connectivity index (χ0n) is 7.72. The number of allylic oxidation sites excluding steroid dienone is 1. The van der Waals surface area contributed by atoms with Crippen molar-refractivity contribution in [3.63, 3.8) is 0 Å². The molecule has 0 heterocycles. The molecule has 0 saturated carbocycles. The summed E-state index contributed by atoms with van der Waals surface area (Å²) >= 11 is 0. The van der Waals surface area contributed by atoms with E-state index in [1.54, 1.807) is 0 Å². The molecule has 0 radical (unpaired) electrons. The van der Waals surface area contributed by atoms with E-state index in [9.17, 15) is 9.90 Å². The van der Waals surface area contributed by atoms with Gasteiger partial charge in [0.05, 0.1) is 7.11 Å². The van der Waals surface area contributed by atoms with Gasteiger partial charge in [0.15, 0.2) is 0 Å². The predicted octanol–water partition coefficient (Wildman–Crippen LogP) is -2.79. The molecular formula is C8H11NaO3. The van der Waals surface area contributed by atoms with Crippen LogP contribution in [0.1, 0.15) is 19.8 Å². The largest absolute Gasteiger partial charge is 1.00 e. The third-order valence-corrected chi connectivity index (χ3v) is 2.00. The molecule has 0 amide bonds. The second kappa shape index (κ2) is 4.90. The summed E-state index contributed by atoms with van der Waals surface area (Å²) in [5, 5.41) is 11.2. The minimum absolute atomic E-state index is 0. The van der Waals surface area contributed by atoms with Gasteiger partial charge >= 0.3 is 35.5 Å². The zero-order chi connectivity index (χ0) is 8.43. The molecule has 0 aromatic carbocycles. The normalized spacial score (nSPS) is 22.0. The first-order valence-electron chi connectivity index (χ1n) is 3.65. The van der Waals surface area contributed by atoms with Crippen LogP contribution >= 0.6 is 0 Å². The Kier molecular flexibility index (Phi) is 4.90. The van der Waals surface area contributed by atoms with Crippen LogP contribution in [0.3, 0.4) is 0 Å². The van der Waals surface area contributed by atoms with Crippen molar-refractivity contribution in [2.45, 2.75) is 19.8 Å². The van der Waals surface area contributed by atoms with Crippen molar-refractivity contribution in [3.8, 4) is 0 Å². The van der Waals surface area contributed by atoms with E-state index >= 15 is 0 Å². The van der Waals surface area contributed by atoms with Gasteiger partial charge in [-0.1, -0.05) is 6.92 Å².